The van der Waals surface area contributed by atoms with Crippen molar-refractivity contribution in [3.8, 4) is 0 Å². The molecule has 0 heterocycles. The number of hydrogen-bond acceptors (Lipinski definition) is 1. The van der Waals surface area contributed by atoms with Crippen LogP contribution >= 0.6 is 11.8 Å². The molecule has 0 unspecified atom stereocenters. The predicted octanol–water partition coefficient (Wildman–Crippen LogP) is 6.75. The molecule has 2 aromatic rings. The van der Waals surface area contributed by atoms with E-state index >= 15 is 0 Å². The van der Waals surface area contributed by atoms with Crippen molar-refractivity contribution in [2.75, 3.05) is 0 Å². The van der Waals surface area contributed by atoms with Crippen LogP contribution in [-0.2, 0) is 5.75 Å². The average molecular weight is 321 g/mol. The minimum Gasteiger partial charge on any atom is -0.121 e. The fraction of sp³-hybridized carbons (Fsp3) is 0.273. The first-order chi connectivity index (χ1) is 11.1. The van der Waals surface area contributed by atoms with Crippen molar-refractivity contribution < 1.29 is 0 Å². The maximum absolute atomic E-state index is 2.31. The number of allylic oxidation sites excluding steroid dienone is 4. The van der Waals surface area contributed by atoms with E-state index in [4.69, 9.17) is 0 Å². The Balaban J connectivity index is 1.90. The number of benzene rings is 2. The lowest BCUT2D eigenvalue weighted by molar-refractivity contribution is 0.921. The summed E-state index contributed by atoms with van der Waals surface area (Å²) in [6.45, 7) is 9.10. The van der Waals surface area contributed by atoms with Crippen molar-refractivity contribution in [1.82, 2.24) is 0 Å². The summed E-state index contributed by atoms with van der Waals surface area (Å²) in [6.07, 6.45) is 0. The molecule has 0 spiro atoms. The molecule has 1 heteroatoms. The first-order valence-corrected chi connectivity index (χ1v) is 9.19. The highest BCUT2D eigenvalue weighted by Gasteiger charge is 2.27. The van der Waals surface area contributed by atoms with Gasteiger partial charge in [0.2, 0.25) is 0 Å². The van der Waals surface area contributed by atoms with E-state index in [2.05, 4.69) is 82.3 Å². The molecule has 0 saturated carbocycles. The van der Waals surface area contributed by atoms with Crippen LogP contribution in [0.1, 0.15) is 44.7 Å². The molecule has 118 valence electrons. The lowest BCUT2D eigenvalue weighted by atomic mass is 9.86. The highest BCUT2D eigenvalue weighted by Crippen LogP contribution is 2.44. The third-order valence-corrected chi connectivity index (χ3v) is 6.18. The van der Waals surface area contributed by atoms with E-state index in [1.165, 1.54) is 38.3 Å². The minimum absolute atomic E-state index is 0.461. The molecule has 0 atom stereocenters. The van der Waals surface area contributed by atoms with Gasteiger partial charge in [0, 0.05) is 16.6 Å². The van der Waals surface area contributed by atoms with Crippen LogP contribution in [0.3, 0.4) is 0 Å². The summed E-state index contributed by atoms with van der Waals surface area (Å²) < 4.78 is 0. The standard InChI is InChI=1S/C22H24S/c1-15-16(2)18(4)22(17(15)3)21-13-9-8-10-19(21)14-23-20-11-6-5-7-12-20/h5-13,22H,14H2,1-4H3. The molecule has 0 aromatic heterocycles. The Kier molecular flexibility index (Phi) is 4.77. The van der Waals surface area contributed by atoms with Crippen molar-refractivity contribution in [1.29, 1.82) is 0 Å². The van der Waals surface area contributed by atoms with Crippen molar-refractivity contribution in [3.05, 3.63) is 88.0 Å². The molecular formula is C22H24S. The largest absolute Gasteiger partial charge is 0.121 e. The van der Waals surface area contributed by atoms with Gasteiger partial charge in [0.1, 0.15) is 0 Å². The second-order valence-corrected chi connectivity index (χ2v) is 7.40. The second-order valence-electron chi connectivity index (χ2n) is 6.35. The van der Waals surface area contributed by atoms with Gasteiger partial charge in [0.05, 0.1) is 0 Å². The van der Waals surface area contributed by atoms with Crippen LogP contribution in [0.4, 0.5) is 0 Å². The Bertz CT molecular complexity index is 742. The quantitative estimate of drug-likeness (QED) is 0.561. The maximum atomic E-state index is 2.31. The molecule has 2 aromatic carbocycles. The summed E-state index contributed by atoms with van der Waals surface area (Å²) in [4.78, 5) is 1.33. The SMILES string of the molecule is CC1=C(C)C(c2ccccc2CSc2ccccc2)C(C)=C1C. The monoisotopic (exact) mass is 320 g/mol. The van der Waals surface area contributed by atoms with E-state index in [9.17, 15) is 0 Å². The van der Waals surface area contributed by atoms with E-state index in [-0.39, 0.29) is 0 Å². The Morgan fingerprint density at radius 3 is 1.96 bits per heavy atom. The number of hydrogen-bond donors (Lipinski definition) is 0. The van der Waals surface area contributed by atoms with Gasteiger partial charge in [-0.05, 0) is 62.1 Å². The number of rotatable bonds is 4. The third kappa shape index (κ3) is 3.16. The smallest absolute Gasteiger partial charge is 0.0266 e. The van der Waals surface area contributed by atoms with Gasteiger partial charge in [-0.25, -0.2) is 0 Å². The van der Waals surface area contributed by atoms with Crippen LogP contribution < -0.4 is 0 Å². The van der Waals surface area contributed by atoms with Crippen molar-refractivity contribution in [2.24, 2.45) is 0 Å². The molecule has 0 saturated heterocycles. The van der Waals surface area contributed by atoms with E-state index in [1.807, 2.05) is 11.8 Å². The molecule has 0 nitrogen and oxygen atoms in total. The highest BCUT2D eigenvalue weighted by atomic mass is 32.2. The van der Waals surface area contributed by atoms with Gasteiger partial charge in [0.15, 0.2) is 0 Å². The predicted molar refractivity (Wildman–Crippen MR) is 102 cm³/mol. The topological polar surface area (TPSA) is 0 Å². The Labute approximate surface area is 144 Å². The molecule has 23 heavy (non-hydrogen) atoms. The average Bonchev–Trinajstić information content (AvgIpc) is 2.78. The van der Waals surface area contributed by atoms with Gasteiger partial charge in [-0.3, -0.25) is 0 Å². The van der Waals surface area contributed by atoms with Crippen molar-refractivity contribution in [3.63, 3.8) is 0 Å². The maximum Gasteiger partial charge on any atom is 0.0266 e. The Morgan fingerprint density at radius 2 is 1.30 bits per heavy atom. The molecular weight excluding hydrogens is 296 g/mol. The van der Waals surface area contributed by atoms with Crippen LogP contribution in [0.15, 0.2) is 81.8 Å². The summed E-state index contributed by atoms with van der Waals surface area (Å²) in [6, 6.07) is 19.6. The molecule has 0 amide bonds. The zero-order valence-electron chi connectivity index (χ0n) is 14.4. The van der Waals surface area contributed by atoms with E-state index in [0.29, 0.717) is 5.92 Å². The zero-order chi connectivity index (χ0) is 16.4. The Hall–Kier alpha value is -1.73. The fourth-order valence-electron chi connectivity index (χ4n) is 3.44. The molecule has 1 aliphatic rings. The molecule has 0 radical (unpaired) electrons. The first kappa shape index (κ1) is 16.1. The van der Waals surface area contributed by atoms with Crippen LogP contribution in [0.25, 0.3) is 0 Å². The zero-order valence-corrected chi connectivity index (χ0v) is 15.2. The van der Waals surface area contributed by atoms with E-state index in [1.54, 1.807) is 0 Å². The minimum atomic E-state index is 0.461. The van der Waals surface area contributed by atoms with Crippen molar-refractivity contribution in [2.45, 2.75) is 44.3 Å². The molecule has 0 N–H and O–H groups in total. The summed E-state index contributed by atoms with van der Waals surface area (Å²) in [5.41, 5.74) is 8.89. The van der Waals surface area contributed by atoms with Crippen LogP contribution in [0.5, 0.6) is 0 Å². The van der Waals surface area contributed by atoms with Crippen LogP contribution in [0.2, 0.25) is 0 Å². The second kappa shape index (κ2) is 6.80. The number of thioether (sulfide) groups is 1. The summed E-state index contributed by atoms with van der Waals surface area (Å²) >= 11 is 1.92. The lowest BCUT2D eigenvalue weighted by Crippen LogP contribution is -2.03. The van der Waals surface area contributed by atoms with Crippen LogP contribution in [0, 0.1) is 0 Å². The van der Waals surface area contributed by atoms with Gasteiger partial charge in [0.25, 0.3) is 0 Å². The molecule has 0 fully saturated rings. The van der Waals surface area contributed by atoms with Crippen molar-refractivity contribution >= 4 is 11.8 Å². The molecule has 0 bridgehead atoms. The molecule has 0 aliphatic heterocycles. The summed E-state index contributed by atoms with van der Waals surface area (Å²) in [5.74, 6) is 1.48. The van der Waals surface area contributed by atoms with Gasteiger partial charge < -0.3 is 0 Å². The first-order valence-electron chi connectivity index (χ1n) is 8.20. The third-order valence-electron chi connectivity index (χ3n) is 5.12. The normalized spacial score (nSPS) is 15.7. The van der Waals surface area contributed by atoms with E-state index in [0.717, 1.165) is 5.75 Å². The van der Waals surface area contributed by atoms with Crippen LogP contribution in [-0.4, -0.2) is 0 Å². The Morgan fingerprint density at radius 1 is 0.739 bits per heavy atom. The summed E-state index contributed by atoms with van der Waals surface area (Å²) in [7, 11) is 0. The van der Waals surface area contributed by atoms with Gasteiger partial charge in [-0.1, -0.05) is 53.6 Å². The fourth-order valence-corrected chi connectivity index (χ4v) is 4.38. The molecule has 1 aliphatic carbocycles. The van der Waals surface area contributed by atoms with E-state index < -0.39 is 0 Å². The highest BCUT2D eigenvalue weighted by molar-refractivity contribution is 7.98. The van der Waals surface area contributed by atoms with Gasteiger partial charge >= 0.3 is 0 Å². The lowest BCUT2D eigenvalue weighted by Gasteiger charge is -2.19. The van der Waals surface area contributed by atoms with Gasteiger partial charge in [-0.2, -0.15) is 0 Å². The molecule has 3 rings (SSSR count). The van der Waals surface area contributed by atoms with Gasteiger partial charge in [-0.15, -0.1) is 11.8 Å². The summed E-state index contributed by atoms with van der Waals surface area (Å²) in [5, 5.41) is 0.